The van der Waals surface area contributed by atoms with E-state index in [1.54, 1.807) is 19.4 Å². The fourth-order valence-corrected chi connectivity index (χ4v) is 4.47. The van der Waals surface area contributed by atoms with Crippen molar-refractivity contribution < 1.29 is 9.53 Å². The molecule has 34 heavy (non-hydrogen) atoms. The van der Waals surface area contributed by atoms with Crippen LogP contribution in [0.3, 0.4) is 0 Å². The third-order valence-corrected chi connectivity index (χ3v) is 6.43. The van der Waals surface area contributed by atoms with Gasteiger partial charge in [0.05, 0.1) is 35.5 Å². The topological polar surface area (TPSA) is 106 Å². The molecule has 1 aliphatic heterocycles. The van der Waals surface area contributed by atoms with Crippen molar-refractivity contribution >= 4 is 17.8 Å². The summed E-state index contributed by atoms with van der Waals surface area (Å²) in [6, 6.07) is 8.22. The van der Waals surface area contributed by atoms with Crippen LogP contribution in [0.25, 0.3) is 17.2 Å². The first kappa shape index (κ1) is 23.4. The minimum absolute atomic E-state index is 0.00367. The van der Waals surface area contributed by atoms with Gasteiger partial charge < -0.3 is 14.5 Å². The van der Waals surface area contributed by atoms with Gasteiger partial charge in [0, 0.05) is 56.0 Å². The van der Waals surface area contributed by atoms with Gasteiger partial charge in [-0.15, -0.1) is 0 Å². The van der Waals surface area contributed by atoms with Crippen molar-refractivity contribution in [2.45, 2.75) is 38.1 Å². The Balaban J connectivity index is 1.70. The molecular formula is C26H28N6O2. The lowest BCUT2D eigenvalue weighted by molar-refractivity contribution is -0.134. The SMILES string of the molecule is C=Cc1cc(-c2cc(C#N)c(N3CCN(C(=O)CCOC)C(C)C3)nc2C2CC2)c(C#N)cn1. The molecule has 2 aromatic heterocycles. The van der Waals surface area contributed by atoms with Gasteiger partial charge in [-0.05, 0) is 38.0 Å². The van der Waals surface area contributed by atoms with Crippen LogP contribution in [0, 0.1) is 22.7 Å². The largest absolute Gasteiger partial charge is 0.384 e. The summed E-state index contributed by atoms with van der Waals surface area (Å²) in [5.41, 5.74) is 4.03. The van der Waals surface area contributed by atoms with Crippen LogP contribution in [0.2, 0.25) is 0 Å². The fourth-order valence-electron chi connectivity index (χ4n) is 4.47. The standard InChI is InChI=1S/C26H28N6O2/c1-4-21-12-22(20(14-28)15-29-21)23-11-19(13-27)26(30-25(23)18-5-6-18)31-8-9-32(17(2)16-31)24(33)7-10-34-3/h4,11-12,15,17-18H,1,5-10,16H2,2-3H3. The second-order valence-electron chi connectivity index (χ2n) is 8.77. The van der Waals surface area contributed by atoms with E-state index in [9.17, 15) is 15.3 Å². The lowest BCUT2D eigenvalue weighted by Gasteiger charge is -2.41. The van der Waals surface area contributed by atoms with Gasteiger partial charge in [0.1, 0.15) is 18.0 Å². The Hall–Kier alpha value is -3.75. The number of nitriles is 2. The monoisotopic (exact) mass is 456 g/mol. The zero-order valence-electron chi connectivity index (χ0n) is 19.6. The molecule has 0 aromatic carbocycles. The second-order valence-corrected chi connectivity index (χ2v) is 8.77. The molecule has 0 N–H and O–H groups in total. The number of ether oxygens (including phenoxy) is 1. The van der Waals surface area contributed by atoms with Gasteiger partial charge in [0.2, 0.25) is 5.91 Å². The highest BCUT2D eigenvalue weighted by atomic mass is 16.5. The molecule has 2 aliphatic rings. The van der Waals surface area contributed by atoms with E-state index in [1.165, 1.54) is 0 Å². The number of amides is 1. The molecule has 8 nitrogen and oxygen atoms in total. The number of carbonyl (C=O) groups is 1. The maximum absolute atomic E-state index is 12.5. The molecule has 4 rings (SSSR count). The summed E-state index contributed by atoms with van der Waals surface area (Å²) < 4.78 is 5.05. The van der Waals surface area contributed by atoms with Gasteiger partial charge in [0.25, 0.3) is 0 Å². The van der Waals surface area contributed by atoms with E-state index < -0.39 is 0 Å². The van der Waals surface area contributed by atoms with Crippen molar-refractivity contribution in [3.05, 3.63) is 47.4 Å². The highest BCUT2D eigenvalue weighted by Crippen LogP contribution is 2.45. The zero-order valence-corrected chi connectivity index (χ0v) is 19.6. The number of hydrogen-bond acceptors (Lipinski definition) is 7. The average molecular weight is 457 g/mol. The minimum atomic E-state index is -0.00367. The first-order chi connectivity index (χ1) is 16.5. The molecular weight excluding hydrogens is 428 g/mol. The Morgan fingerprint density at radius 3 is 2.62 bits per heavy atom. The number of anilines is 1. The maximum Gasteiger partial charge on any atom is 0.225 e. The molecule has 3 heterocycles. The van der Waals surface area contributed by atoms with Gasteiger partial charge in [-0.3, -0.25) is 9.78 Å². The molecule has 0 bridgehead atoms. The van der Waals surface area contributed by atoms with Crippen LogP contribution in [0.4, 0.5) is 5.82 Å². The Kier molecular flexibility index (Phi) is 6.90. The van der Waals surface area contributed by atoms with Crippen molar-refractivity contribution in [1.29, 1.82) is 10.5 Å². The number of pyridine rings is 2. The Morgan fingerprint density at radius 2 is 2.00 bits per heavy atom. The first-order valence-electron chi connectivity index (χ1n) is 11.5. The molecule has 0 radical (unpaired) electrons. The normalized spacial score (nSPS) is 17.7. The third-order valence-electron chi connectivity index (χ3n) is 6.43. The van der Waals surface area contributed by atoms with Crippen molar-refractivity contribution in [3.63, 3.8) is 0 Å². The van der Waals surface area contributed by atoms with E-state index in [4.69, 9.17) is 9.72 Å². The lowest BCUT2D eigenvalue weighted by Crippen LogP contribution is -2.54. The number of nitrogens with zero attached hydrogens (tertiary/aromatic N) is 6. The highest BCUT2D eigenvalue weighted by Gasteiger charge is 2.33. The Morgan fingerprint density at radius 1 is 1.24 bits per heavy atom. The van der Waals surface area contributed by atoms with Gasteiger partial charge in [-0.2, -0.15) is 10.5 Å². The molecule has 1 saturated heterocycles. The van der Waals surface area contributed by atoms with Crippen LogP contribution in [-0.4, -0.2) is 60.2 Å². The number of hydrogen-bond donors (Lipinski definition) is 0. The fraction of sp³-hybridized carbons (Fsp3) is 0.423. The van der Waals surface area contributed by atoms with E-state index in [0.29, 0.717) is 61.2 Å². The molecule has 174 valence electrons. The lowest BCUT2D eigenvalue weighted by atomic mass is 9.96. The number of methoxy groups -OCH3 is 1. The average Bonchev–Trinajstić information content (AvgIpc) is 3.71. The highest BCUT2D eigenvalue weighted by molar-refractivity contribution is 5.79. The number of aromatic nitrogens is 2. The Labute approximate surface area is 200 Å². The molecule has 1 saturated carbocycles. The molecule has 0 spiro atoms. The molecule has 8 heteroatoms. The van der Waals surface area contributed by atoms with E-state index in [-0.39, 0.29) is 11.9 Å². The second kappa shape index (κ2) is 10.0. The van der Waals surface area contributed by atoms with Crippen LogP contribution >= 0.6 is 0 Å². The quantitative estimate of drug-likeness (QED) is 0.628. The summed E-state index contributed by atoms with van der Waals surface area (Å²) in [5, 5.41) is 19.7. The molecule has 1 aliphatic carbocycles. The minimum Gasteiger partial charge on any atom is -0.384 e. The maximum atomic E-state index is 12.5. The molecule has 1 atom stereocenters. The molecule has 2 fully saturated rings. The van der Waals surface area contributed by atoms with Crippen molar-refractivity contribution in [3.8, 4) is 23.3 Å². The van der Waals surface area contributed by atoms with Gasteiger partial charge in [0.15, 0.2) is 0 Å². The first-order valence-corrected chi connectivity index (χ1v) is 11.5. The van der Waals surface area contributed by atoms with Crippen LogP contribution < -0.4 is 4.90 Å². The number of rotatable bonds is 7. The van der Waals surface area contributed by atoms with Crippen LogP contribution in [-0.2, 0) is 9.53 Å². The van der Waals surface area contributed by atoms with E-state index in [0.717, 1.165) is 29.7 Å². The molecule has 1 amide bonds. The van der Waals surface area contributed by atoms with E-state index >= 15 is 0 Å². The molecule has 2 aromatic rings. The number of carbonyl (C=O) groups excluding carboxylic acids is 1. The molecule has 1 unspecified atom stereocenters. The van der Waals surface area contributed by atoms with Crippen molar-refractivity contribution in [1.82, 2.24) is 14.9 Å². The summed E-state index contributed by atoms with van der Waals surface area (Å²) in [6.45, 7) is 7.99. The Bertz CT molecular complexity index is 1190. The predicted octanol–water partition coefficient (Wildman–Crippen LogP) is 3.48. The van der Waals surface area contributed by atoms with Crippen LogP contribution in [0.5, 0.6) is 0 Å². The predicted molar refractivity (Wildman–Crippen MR) is 129 cm³/mol. The number of piperazine rings is 1. The van der Waals surface area contributed by atoms with Gasteiger partial charge in [-0.25, -0.2) is 4.98 Å². The van der Waals surface area contributed by atoms with Crippen molar-refractivity contribution in [2.24, 2.45) is 0 Å². The van der Waals surface area contributed by atoms with Crippen molar-refractivity contribution in [2.75, 3.05) is 38.3 Å². The van der Waals surface area contributed by atoms with E-state index in [2.05, 4.69) is 28.6 Å². The van der Waals surface area contributed by atoms with E-state index in [1.807, 2.05) is 24.0 Å². The zero-order chi connectivity index (χ0) is 24.2. The summed E-state index contributed by atoms with van der Waals surface area (Å²) in [7, 11) is 1.59. The summed E-state index contributed by atoms with van der Waals surface area (Å²) in [4.78, 5) is 25.8. The van der Waals surface area contributed by atoms with Crippen LogP contribution in [0.15, 0.2) is 24.9 Å². The summed E-state index contributed by atoms with van der Waals surface area (Å²) in [6.07, 6.45) is 5.62. The summed E-state index contributed by atoms with van der Waals surface area (Å²) >= 11 is 0. The third kappa shape index (κ3) is 4.64. The van der Waals surface area contributed by atoms with Crippen LogP contribution in [0.1, 0.15) is 54.6 Å². The smallest absolute Gasteiger partial charge is 0.225 e. The van der Waals surface area contributed by atoms with Gasteiger partial charge >= 0.3 is 0 Å². The summed E-state index contributed by atoms with van der Waals surface area (Å²) in [5.74, 6) is 1.04. The van der Waals surface area contributed by atoms with Gasteiger partial charge in [-0.1, -0.05) is 6.58 Å².